The fourth-order valence-corrected chi connectivity index (χ4v) is 14.8. The molecule has 42 heteroatoms. The summed E-state index contributed by atoms with van der Waals surface area (Å²) in [6, 6.07) is 0. The normalized spacial score (nSPS) is 17.2. The quantitative estimate of drug-likeness (QED) is 0.00898. The second-order valence-corrected chi connectivity index (χ2v) is 35.6. The van der Waals surface area contributed by atoms with Crippen LogP contribution in [0.2, 0.25) is 0 Å². The fourth-order valence-electron chi connectivity index (χ4n) is 11.3. The highest BCUT2D eigenvalue weighted by molar-refractivity contribution is 8.01. The molecular weight excluding hydrogens is 1820 g/mol. The minimum absolute atomic E-state index is 0.00778. The maximum absolute atomic E-state index is 12.3. The number of Topliss-reactive ketones (excluding diaryl/α,β-unsaturated/α-hetero) is 4. The van der Waals surface area contributed by atoms with Gasteiger partial charge in [-0.2, -0.15) is 0 Å². The van der Waals surface area contributed by atoms with E-state index in [0.717, 1.165) is 100 Å². The standard InChI is InChI=1S/C16H26N2O3S.C11H21NO.2C10H16N2O3S.C8H15NO4.C6H13NO4S.2C6H11NO2.C5H12O2.C4H11N.C4H8O.C3H9N.C3H8/c1-3-17-15(20)12-7-5-11(6-8-12)10-18-14(19)9-13(16(18)21)22-4-2;1-3-9-5-7-10(8-6-9)11(13)12-4-2;1-3-11-8(13)6-12-9(14)5-7(10(12)15)16-4-2;1-3-11-8(13)6-16-7-5-9(14)12(4-2)10(7)15;1-3-12-6-13-5-9-8(11)4-7(2)10;1-3-5(8)7-6(4-2)12(9,10)11;2*1-3-7-6(9)4-5(2)8;1-3-6-5-7-4-2;1-3-5-4-2;1-3-4(2)5;1-3-4-2;1-3-2/h11-13H,3-10H2,1-2H3,(H,17,20);9-10H,3-8H2,1-2H3,(H,12,13);2*7H,3-6H2,1-2H3,(H,11,13);3-6H2,1-2H3,(H,9,11);6H,3-4H2,1-2H3,(H,7,8)(H,9,10,11);2*3-4H2,1-2H3,(H,7,9);3-5H2,1-2H3;5H,3-4H2,1-2H3;3H2,1-2H3;4H,3H2,1-2H3;3H2,1-2H3/p-1. The van der Waals surface area contributed by atoms with Gasteiger partial charge in [0.1, 0.15) is 65.5 Å². The number of ketones is 4. The third-order valence-corrected chi connectivity index (χ3v) is 22.8. The smallest absolute Gasteiger partial charge is 0.243 e. The van der Waals surface area contributed by atoms with E-state index in [9.17, 15) is 99.3 Å². The SMILES string of the molecule is CCC.CCC(=O)NC(CC)S(=O)(=O)[O-].CCC(C)=O.CCNC.CCNC(=O)C1CCC(CC)CC1.CCNC(=O)C1CCC(CN2C(=O)CC(SCC)C2=O)CC1.CCNC(=O)CC(C)=O.CCNC(=O)CC(C)=O.CCNC(=O)CN1C(=O)CC(SCC)C1=O.CCNC(=O)CSC1CC(=O)N(CC)C1=O.CCNCC.CCOCOCC.CCOCOCNC(=O)CC(C)=O. The molecule has 38 nitrogen and oxygen atoms in total. The molecule has 0 aromatic rings. The highest BCUT2D eigenvalue weighted by atomic mass is 32.2. The van der Waals surface area contributed by atoms with E-state index in [1.807, 2.05) is 83.2 Å². The summed E-state index contributed by atoms with van der Waals surface area (Å²) in [5.74, 6) is 1.50. The van der Waals surface area contributed by atoms with Gasteiger partial charge in [-0.05, 0) is 205 Å². The molecule has 2 aliphatic carbocycles. The van der Waals surface area contributed by atoms with E-state index in [0.29, 0.717) is 83.9 Å². The first-order chi connectivity index (χ1) is 63.4. The number of imide groups is 3. The van der Waals surface area contributed by atoms with E-state index < -0.39 is 21.4 Å². The molecule has 4 atom stereocenters. The summed E-state index contributed by atoms with van der Waals surface area (Å²) >= 11 is 4.25. The molecule has 0 aromatic heterocycles. The Morgan fingerprint density at radius 2 is 0.739 bits per heavy atom. The molecular formula is C92H176N13O25S4-. The Balaban J connectivity index is -0.000000220. The lowest BCUT2D eigenvalue weighted by atomic mass is 9.80. The molecule has 5 aliphatic rings. The molecule has 0 radical (unpaired) electrons. The van der Waals surface area contributed by atoms with Crippen molar-refractivity contribution < 1.29 is 118 Å². The van der Waals surface area contributed by atoms with Gasteiger partial charge in [-0.15, -0.1) is 35.3 Å². The average molecular weight is 1990 g/mol. The number of carbonyl (C=O) groups excluding carboxylic acids is 18. The van der Waals surface area contributed by atoms with Crippen molar-refractivity contribution in [2.45, 2.75) is 316 Å². The van der Waals surface area contributed by atoms with Gasteiger partial charge >= 0.3 is 0 Å². The van der Waals surface area contributed by atoms with E-state index in [1.165, 1.54) is 86.7 Å². The largest absolute Gasteiger partial charge is 0.746 e. The molecule has 5 rings (SSSR count). The van der Waals surface area contributed by atoms with Crippen molar-refractivity contribution in [2.24, 2.45) is 23.7 Å². The first kappa shape index (κ1) is 142. The maximum Gasteiger partial charge on any atom is 0.243 e. The second-order valence-electron chi connectivity index (χ2n) is 29.9. The molecule has 10 N–H and O–H groups in total. The van der Waals surface area contributed by atoms with E-state index in [-0.39, 0.29) is 192 Å². The third-order valence-electron chi connectivity index (χ3n) is 18.3. The van der Waals surface area contributed by atoms with Crippen molar-refractivity contribution in [2.75, 3.05) is 143 Å². The van der Waals surface area contributed by atoms with Crippen LogP contribution in [-0.4, -0.2) is 298 Å². The number of hydrogen-bond acceptors (Lipinski definition) is 30. The van der Waals surface area contributed by atoms with Gasteiger partial charge in [0.25, 0.3) is 0 Å². The summed E-state index contributed by atoms with van der Waals surface area (Å²) in [6.07, 6.45) is 12.4. The van der Waals surface area contributed by atoms with Crippen molar-refractivity contribution in [3.8, 4) is 0 Å². The summed E-state index contributed by atoms with van der Waals surface area (Å²) in [7, 11) is -2.47. The van der Waals surface area contributed by atoms with Gasteiger partial charge in [-0.1, -0.05) is 89.0 Å². The zero-order valence-corrected chi connectivity index (χ0v) is 89.3. The number of nitrogens with zero attached hydrogens (tertiary/aromatic N) is 3. The molecule has 2 saturated carbocycles. The van der Waals surface area contributed by atoms with Gasteiger partial charge in [0.15, 0.2) is 0 Å². The predicted molar refractivity (Wildman–Crippen MR) is 531 cm³/mol. The first-order valence-electron chi connectivity index (χ1n) is 47.5. The lowest BCUT2D eigenvalue weighted by Crippen LogP contribution is -2.40. The molecule has 0 bridgehead atoms. The van der Waals surface area contributed by atoms with Crippen LogP contribution in [-0.2, 0) is 115 Å². The monoisotopic (exact) mass is 1990 g/mol. The minimum Gasteiger partial charge on any atom is -0.746 e. The van der Waals surface area contributed by atoms with Crippen LogP contribution in [0.25, 0.3) is 0 Å². The van der Waals surface area contributed by atoms with Gasteiger partial charge in [0.05, 0.1) is 40.8 Å². The number of carbonyl (C=O) groups is 18. The number of amides is 14. The molecule has 134 heavy (non-hydrogen) atoms. The van der Waals surface area contributed by atoms with Crippen LogP contribution in [0.15, 0.2) is 0 Å². The number of ether oxygens (including phenoxy) is 4. The van der Waals surface area contributed by atoms with Crippen molar-refractivity contribution in [1.82, 2.24) is 67.9 Å². The zero-order valence-electron chi connectivity index (χ0n) is 86.1. The maximum atomic E-state index is 12.3. The summed E-state index contributed by atoms with van der Waals surface area (Å²) in [5.41, 5.74) is 0. The molecule has 5 fully saturated rings. The van der Waals surface area contributed by atoms with E-state index in [2.05, 4.69) is 94.7 Å². The number of nitrogens with one attached hydrogen (secondary N) is 10. The summed E-state index contributed by atoms with van der Waals surface area (Å²) < 4.78 is 50.8. The topological polar surface area (TPSA) is 531 Å². The first-order valence-corrected chi connectivity index (χ1v) is 52.1. The van der Waals surface area contributed by atoms with E-state index in [1.54, 1.807) is 39.5 Å². The molecule has 784 valence electrons. The molecule has 14 amide bonds. The van der Waals surface area contributed by atoms with Crippen LogP contribution in [0.1, 0.15) is 295 Å². The number of rotatable bonds is 44. The number of thioether (sulfide) groups is 3. The van der Waals surface area contributed by atoms with Gasteiger partial charge < -0.3 is 81.5 Å². The van der Waals surface area contributed by atoms with Crippen LogP contribution in [0.3, 0.4) is 0 Å². The van der Waals surface area contributed by atoms with Gasteiger partial charge in [0.2, 0.25) is 82.7 Å². The summed E-state index contributed by atoms with van der Waals surface area (Å²) in [5, 5.41) is 24.5. The number of likely N-dealkylation sites (tertiary alicyclic amines) is 3. The third kappa shape index (κ3) is 82.8. The number of hydrogen-bond donors (Lipinski definition) is 10. The highest BCUT2D eigenvalue weighted by Gasteiger charge is 2.42. The van der Waals surface area contributed by atoms with Crippen molar-refractivity contribution in [3.63, 3.8) is 0 Å². The Morgan fingerprint density at radius 1 is 0.403 bits per heavy atom. The highest BCUT2D eigenvalue weighted by Crippen LogP contribution is 2.34. The van der Waals surface area contributed by atoms with Crippen LogP contribution >= 0.6 is 35.3 Å². The lowest BCUT2D eigenvalue weighted by molar-refractivity contribution is -0.142. The minimum atomic E-state index is -4.40. The number of likely N-dealkylation sites (N-methyl/N-ethyl adjacent to an activating group) is 1. The Hall–Kier alpha value is -7.42. The molecule has 4 unspecified atom stereocenters. The average Bonchev–Trinajstić information content (AvgIpc) is 1.70. The lowest BCUT2D eigenvalue weighted by Gasteiger charge is -2.30. The van der Waals surface area contributed by atoms with Gasteiger partial charge in [-0.3, -0.25) is 96.2 Å². The molecule has 3 heterocycles. The van der Waals surface area contributed by atoms with Crippen LogP contribution in [0, 0.1) is 23.7 Å². The molecule has 0 aromatic carbocycles. The van der Waals surface area contributed by atoms with Gasteiger partial charge in [0, 0.05) is 116 Å². The van der Waals surface area contributed by atoms with Crippen molar-refractivity contribution in [1.29, 1.82) is 0 Å². The Morgan fingerprint density at radius 3 is 1.04 bits per heavy atom. The summed E-state index contributed by atoms with van der Waals surface area (Å²) in [4.78, 5) is 204. The van der Waals surface area contributed by atoms with Crippen LogP contribution in [0.5, 0.6) is 0 Å². The molecule has 3 aliphatic heterocycles. The summed E-state index contributed by atoms with van der Waals surface area (Å²) in [6.45, 7) is 56.6. The van der Waals surface area contributed by atoms with Gasteiger partial charge in [-0.25, -0.2) is 8.42 Å². The van der Waals surface area contributed by atoms with E-state index in [4.69, 9.17) is 18.9 Å². The Bertz CT molecular complexity index is 3320. The van der Waals surface area contributed by atoms with E-state index >= 15 is 0 Å². The Kier molecular flexibility index (Phi) is 102. The molecule has 0 spiro atoms. The fraction of sp³-hybridized carbons (Fsp3) is 0.804. The van der Waals surface area contributed by atoms with Crippen molar-refractivity contribution in [3.05, 3.63) is 0 Å². The second kappa shape index (κ2) is 95.9. The zero-order chi connectivity index (χ0) is 105. The predicted octanol–water partition coefficient (Wildman–Crippen LogP) is 8.46. The van der Waals surface area contributed by atoms with Crippen LogP contribution < -0.4 is 53.2 Å². The Labute approximate surface area is 815 Å². The van der Waals surface area contributed by atoms with Crippen molar-refractivity contribution >= 4 is 151 Å². The van der Waals surface area contributed by atoms with Crippen LogP contribution in [0.4, 0.5) is 0 Å². The molecule has 3 saturated heterocycles.